The number of halogens is 1. The Bertz CT molecular complexity index is 660. The van der Waals surface area contributed by atoms with Crippen molar-refractivity contribution in [2.24, 2.45) is 10.9 Å². The number of hydrogen-bond acceptors (Lipinski definition) is 4. The van der Waals surface area contributed by atoms with Crippen LogP contribution in [0.4, 0.5) is 0 Å². The molecule has 0 spiro atoms. The number of fused-ring (bicyclic) bond motifs is 1. The number of aliphatic imine (C=N–C) groups is 1. The molecule has 1 aliphatic heterocycles. The van der Waals surface area contributed by atoms with Crippen molar-refractivity contribution >= 4 is 29.9 Å². The molecule has 6 nitrogen and oxygen atoms in total. The molecule has 1 saturated carbocycles. The van der Waals surface area contributed by atoms with Gasteiger partial charge in [0.05, 0.1) is 14.2 Å². The van der Waals surface area contributed by atoms with Gasteiger partial charge in [0, 0.05) is 32.7 Å². The number of guanidine groups is 1. The van der Waals surface area contributed by atoms with E-state index in [0.717, 1.165) is 49.4 Å². The van der Waals surface area contributed by atoms with Crippen LogP contribution in [0.2, 0.25) is 0 Å². The molecule has 0 bridgehead atoms. The van der Waals surface area contributed by atoms with E-state index in [-0.39, 0.29) is 24.0 Å². The molecule has 1 atom stereocenters. The highest BCUT2D eigenvalue weighted by molar-refractivity contribution is 14.0. The third-order valence-corrected chi connectivity index (χ3v) is 5.53. The van der Waals surface area contributed by atoms with Crippen LogP contribution in [0.15, 0.2) is 17.1 Å². The van der Waals surface area contributed by atoms with Crippen LogP contribution in [0.1, 0.15) is 24.0 Å². The summed E-state index contributed by atoms with van der Waals surface area (Å²) < 4.78 is 10.9. The van der Waals surface area contributed by atoms with E-state index in [4.69, 9.17) is 9.47 Å². The Hall–Kier alpha value is -1.22. The molecule has 1 heterocycles. The molecule has 0 saturated heterocycles. The highest BCUT2D eigenvalue weighted by Gasteiger charge is 2.33. The average molecular weight is 488 g/mol. The summed E-state index contributed by atoms with van der Waals surface area (Å²) in [7, 11) is 9.58. The van der Waals surface area contributed by atoms with Gasteiger partial charge >= 0.3 is 0 Å². The van der Waals surface area contributed by atoms with E-state index in [1.807, 2.05) is 7.05 Å². The Morgan fingerprint density at radius 2 is 1.85 bits per heavy atom. The standard InChI is InChI=1S/C20H32N4O2.HI/c1-21-20(22-12-17(23(2)3)14-6-7-14)24-9-8-15-10-18(25-4)19(26-5)11-16(15)13-24;/h10-11,14,17H,6-9,12-13H2,1-5H3,(H,21,22);1H. The van der Waals surface area contributed by atoms with Crippen LogP contribution in [0, 0.1) is 5.92 Å². The quantitative estimate of drug-likeness (QED) is 0.379. The Labute approximate surface area is 180 Å². The van der Waals surface area contributed by atoms with Crippen LogP contribution in [0.25, 0.3) is 0 Å². The predicted molar refractivity (Wildman–Crippen MR) is 121 cm³/mol. The Morgan fingerprint density at radius 3 is 2.37 bits per heavy atom. The number of nitrogens with one attached hydrogen (secondary N) is 1. The van der Waals surface area contributed by atoms with Crippen molar-refractivity contribution < 1.29 is 9.47 Å². The molecule has 2 aliphatic rings. The Morgan fingerprint density at radius 1 is 1.22 bits per heavy atom. The van der Waals surface area contributed by atoms with Gasteiger partial charge < -0.3 is 24.6 Å². The number of hydrogen-bond donors (Lipinski definition) is 1. The lowest BCUT2D eigenvalue weighted by atomic mass is 9.99. The summed E-state index contributed by atoms with van der Waals surface area (Å²) in [5.74, 6) is 3.41. The highest BCUT2D eigenvalue weighted by atomic mass is 127. The number of ether oxygens (including phenoxy) is 2. The average Bonchev–Trinajstić information content (AvgIpc) is 3.48. The maximum Gasteiger partial charge on any atom is 0.194 e. The maximum atomic E-state index is 5.47. The van der Waals surface area contributed by atoms with Crippen LogP contribution >= 0.6 is 24.0 Å². The molecule has 1 N–H and O–H groups in total. The normalized spacial score (nSPS) is 17.9. The smallest absolute Gasteiger partial charge is 0.194 e. The summed E-state index contributed by atoms with van der Waals surface area (Å²) in [4.78, 5) is 9.19. The largest absolute Gasteiger partial charge is 0.493 e. The first-order chi connectivity index (χ1) is 12.6. The van der Waals surface area contributed by atoms with E-state index in [2.05, 4.69) is 46.3 Å². The van der Waals surface area contributed by atoms with E-state index in [1.54, 1.807) is 14.2 Å². The van der Waals surface area contributed by atoms with Crippen LogP contribution < -0.4 is 14.8 Å². The lowest BCUT2D eigenvalue weighted by Gasteiger charge is -2.33. The highest BCUT2D eigenvalue weighted by Crippen LogP contribution is 2.35. The second kappa shape index (κ2) is 9.82. The zero-order valence-electron chi connectivity index (χ0n) is 17.1. The van der Waals surface area contributed by atoms with Crippen LogP contribution in [-0.2, 0) is 13.0 Å². The number of benzene rings is 1. The second-order valence-electron chi connectivity index (χ2n) is 7.44. The number of methoxy groups -OCH3 is 2. The van der Waals surface area contributed by atoms with Gasteiger partial charge in [0.25, 0.3) is 0 Å². The van der Waals surface area contributed by atoms with E-state index < -0.39 is 0 Å². The van der Waals surface area contributed by atoms with E-state index in [9.17, 15) is 0 Å². The first kappa shape index (κ1) is 22.1. The minimum Gasteiger partial charge on any atom is -0.493 e. The predicted octanol–water partition coefficient (Wildman–Crippen LogP) is 2.60. The molecule has 0 amide bonds. The summed E-state index contributed by atoms with van der Waals surface area (Å²) in [6, 6.07) is 4.78. The fourth-order valence-electron chi connectivity index (χ4n) is 3.84. The van der Waals surface area contributed by atoms with E-state index in [1.165, 1.54) is 24.0 Å². The molecule has 0 radical (unpaired) electrons. The zero-order chi connectivity index (χ0) is 18.7. The number of nitrogens with zero attached hydrogens (tertiary/aromatic N) is 3. The SMILES string of the molecule is CN=C(NCC(C1CC1)N(C)C)N1CCc2cc(OC)c(OC)cc2C1.I. The zero-order valence-corrected chi connectivity index (χ0v) is 19.4. The van der Waals surface area contributed by atoms with Crippen molar-refractivity contribution in [1.82, 2.24) is 15.1 Å². The van der Waals surface area contributed by atoms with E-state index in [0.29, 0.717) is 6.04 Å². The summed E-state index contributed by atoms with van der Waals surface area (Å²) in [6.07, 6.45) is 3.68. The van der Waals surface area contributed by atoms with Crippen molar-refractivity contribution in [1.29, 1.82) is 0 Å². The van der Waals surface area contributed by atoms with Crippen molar-refractivity contribution in [2.75, 3.05) is 48.5 Å². The van der Waals surface area contributed by atoms with Crippen molar-refractivity contribution in [2.45, 2.75) is 31.8 Å². The molecule has 27 heavy (non-hydrogen) atoms. The van der Waals surface area contributed by atoms with Crippen molar-refractivity contribution in [3.63, 3.8) is 0 Å². The molecule has 1 unspecified atom stereocenters. The first-order valence-electron chi connectivity index (χ1n) is 9.43. The first-order valence-corrected chi connectivity index (χ1v) is 9.43. The van der Waals surface area contributed by atoms with Gasteiger partial charge in [-0.05, 0) is 62.5 Å². The maximum absolute atomic E-state index is 5.47. The topological polar surface area (TPSA) is 49.3 Å². The Balaban J connectivity index is 0.00000261. The van der Waals surface area contributed by atoms with Crippen molar-refractivity contribution in [3.05, 3.63) is 23.3 Å². The molecular formula is C20H33IN4O2. The van der Waals surface area contributed by atoms with Gasteiger partial charge in [-0.3, -0.25) is 4.99 Å². The third-order valence-electron chi connectivity index (χ3n) is 5.53. The molecule has 152 valence electrons. The van der Waals surface area contributed by atoms with Gasteiger partial charge in [-0.25, -0.2) is 0 Å². The second-order valence-corrected chi connectivity index (χ2v) is 7.44. The summed E-state index contributed by atoms with van der Waals surface area (Å²) in [5, 5.41) is 3.60. The third kappa shape index (κ3) is 5.19. The molecule has 1 fully saturated rings. The molecule has 3 rings (SSSR count). The van der Waals surface area contributed by atoms with Gasteiger partial charge in [0.15, 0.2) is 17.5 Å². The molecule has 1 aliphatic carbocycles. The minimum absolute atomic E-state index is 0. The fraction of sp³-hybridized carbons (Fsp3) is 0.650. The molecular weight excluding hydrogens is 455 g/mol. The summed E-state index contributed by atoms with van der Waals surface area (Å²) in [5.41, 5.74) is 2.61. The van der Waals surface area contributed by atoms with Crippen molar-refractivity contribution in [3.8, 4) is 11.5 Å². The molecule has 7 heteroatoms. The summed E-state index contributed by atoms with van der Waals surface area (Å²) >= 11 is 0. The number of rotatable bonds is 6. The van der Waals surface area contributed by atoms with Gasteiger partial charge in [0.2, 0.25) is 0 Å². The molecule has 0 aromatic heterocycles. The monoisotopic (exact) mass is 488 g/mol. The lowest BCUT2D eigenvalue weighted by Crippen LogP contribution is -2.48. The van der Waals surface area contributed by atoms with Gasteiger partial charge in [-0.15, -0.1) is 24.0 Å². The van der Waals surface area contributed by atoms with Crippen LogP contribution in [0.5, 0.6) is 11.5 Å². The van der Waals surface area contributed by atoms with Gasteiger partial charge in [-0.2, -0.15) is 0 Å². The van der Waals surface area contributed by atoms with E-state index >= 15 is 0 Å². The van der Waals surface area contributed by atoms with Crippen LogP contribution in [-0.4, -0.2) is 70.3 Å². The summed E-state index contributed by atoms with van der Waals surface area (Å²) in [6.45, 7) is 2.74. The number of likely N-dealkylation sites (N-methyl/N-ethyl adjacent to an activating group) is 1. The van der Waals surface area contributed by atoms with Crippen LogP contribution in [0.3, 0.4) is 0 Å². The van der Waals surface area contributed by atoms with Gasteiger partial charge in [0.1, 0.15) is 0 Å². The minimum atomic E-state index is 0. The lowest BCUT2D eigenvalue weighted by molar-refractivity contribution is 0.260. The fourth-order valence-corrected chi connectivity index (χ4v) is 3.84. The van der Waals surface area contributed by atoms with Gasteiger partial charge in [-0.1, -0.05) is 0 Å². The molecule has 1 aromatic rings. The molecule has 1 aromatic carbocycles. The Kier molecular flexibility index (Phi) is 8.03.